The summed E-state index contributed by atoms with van der Waals surface area (Å²) in [7, 11) is -1.51. The normalized spacial score (nSPS) is 29.0. The molecule has 118 valence electrons. The predicted molar refractivity (Wildman–Crippen MR) is 81.7 cm³/mol. The number of piperidine rings is 1. The molecule has 0 aromatic carbocycles. The first-order valence-electron chi connectivity index (χ1n) is 7.87. The van der Waals surface area contributed by atoms with Gasteiger partial charge in [-0.2, -0.15) is 17.0 Å². The topological polar surface area (TPSA) is 52.7 Å². The van der Waals surface area contributed by atoms with E-state index in [0.717, 1.165) is 25.9 Å². The van der Waals surface area contributed by atoms with Gasteiger partial charge in [-0.05, 0) is 50.1 Å². The summed E-state index contributed by atoms with van der Waals surface area (Å²) in [5.41, 5.74) is 0. The lowest BCUT2D eigenvalue weighted by Gasteiger charge is -2.33. The fourth-order valence-electron chi connectivity index (χ4n) is 2.97. The molecule has 1 N–H and O–H groups in total. The molecule has 0 amide bonds. The lowest BCUT2D eigenvalue weighted by Crippen LogP contribution is -2.47. The van der Waals surface area contributed by atoms with E-state index in [2.05, 4.69) is 19.2 Å². The average molecular weight is 303 g/mol. The molecule has 1 heterocycles. The number of nitrogens with one attached hydrogen (secondary N) is 1. The third-order valence-electron chi connectivity index (χ3n) is 4.74. The summed E-state index contributed by atoms with van der Waals surface area (Å²) in [6.45, 7) is 8.32. The van der Waals surface area contributed by atoms with Crippen molar-refractivity contribution < 1.29 is 8.42 Å². The first kappa shape index (κ1) is 16.2. The minimum absolute atomic E-state index is 0.570. The highest BCUT2D eigenvalue weighted by Gasteiger charge is 2.38. The number of hydrogen-bond acceptors (Lipinski definition) is 3. The van der Waals surface area contributed by atoms with Crippen molar-refractivity contribution in [3.05, 3.63) is 0 Å². The fraction of sp³-hybridized carbons (Fsp3) is 1.00. The molecule has 0 aromatic heterocycles. The van der Waals surface area contributed by atoms with Gasteiger partial charge in [0.05, 0.1) is 0 Å². The van der Waals surface area contributed by atoms with Crippen LogP contribution in [0, 0.1) is 17.8 Å². The van der Waals surface area contributed by atoms with Gasteiger partial charge in [0.25, 0.3) is 10.2 Å². The second-order valence-corrected chi connectivity index (χ2v) is 8.45. The van der Waals surface area contributed by atoms with Gasteiger partial charge >= 0.3 is 0 Å². The molecule has 1 aliphatic heterocycles. The lowest BCUT2D eigenvalue weighted by atomic mass is 9.98. The van der Waals surface area contributed by atoms with Crippen molar-refractivity contribution >= 4 is 10.2 Å². The van der Waals surface area contributed by atoms with E-state index in [1.807, 2.05) is 0 Å². The van der Waals surface area contributed by atoms with Crippen LogP contribution in [-0.4, -0.2) is 56.8 Å². The Hall–Kier alpha value is -0.170. The number of nitrogens with zero attached hydrogens (tertiary/aromatic N) is 2. The smallest absolute Gasteiger partial charge is 0.281 e. The molecule has 0 radical (unpaired) electrons. The van der Waals surface area contributed by atoms with Gasteiger partial charge in [-0.3, -0.25) is 0 Å². The largest absolute Gasteiger partial charge is 0.317 e. The van der Waals surface area contributed by atoms with Crippen LogP contribution in [0.3, 0.4) is 0 Å². The van der Waals surface area contributed by atoms with Crippen LogP contribution in [0.5, 0.6) is 0 Å². The van der Waals surface area contributed by atoms with Gasteiger partial charge in [0.2, 0.25) is 0 Å². The Morgan fingerprint density at radius 1 is 1.30 bits per heavy atom. The molecule has 1 saturated heterocycles. The second-order valence-electron chi connectivity index (χ2n) is 6.41. The summed E-state index contributed by atoms with van der Waals surface area (Å²) >= 11 is 0. The van der Waals surface area contributed by atoms with E-state index >= 15 is 0 Å². The quantitative estimate of drug-likeness (QED) is 0.767. The van der Waals surface area contributed by atoms with Crippen molar-refractivity contribution in [3.63, 3.8) is 0 Å². The molecule has 0 aromatic rings. The summed E-state index contributed by atoms with van der Waals surface area (Å²) in [5, 5.41) is 3.36. The highest BCUT2D eigenvalue weighted by Crippen LogP contribution is 2.38. The minimum atomic E-state index is -3.24. The van der Waals surface area contributed by atoms with Gasteiger partial charge in [-0.1, -0.05) is 13.8 Å². The molecule has 5 nitrogen and oxygen atoms in total. The Bertz CT molecular complexity index is 405. The second kappa shape index (κ2) is 6.73. The zero-order valence-electron chi connectivity index (χ0n) is 13.0. The van der Waals surface area contributed by atoms with Crippen LogP contribution < -0.4 is 5.32 Å². The zero-order chi connectivity index (χ0) is 14.8. The van der Waals surface area contributed by atoms with E-state index in [1.165, 1.54) is 6.42 Å². The van der Waals surface area contributed by atoms with E-state index in [4.69, 9.17) is 0 Å². The average Bonchev–Trinajstić information content (AvgIpc) is 3.12. The first-order valence-corrected chi connectivity index (χ1v) is 9.27. The first-order chi connectivity index (χ1) is 9.45. The monoisotopic (exact) mass is 303 g/mol. The summed E-state index contributed by atoms with van der Waals surface area (Å²) in [6.07, 6.45) is 3.12. The van der Waals surface area contributed by atoms with E-state index < -0.39 is 10.2 Å². The maximum Gasteiger partial charge on any atom is 0.281 e. The molecule has 0 bridgehead atoms. The maximum absolute atomic E-state index is 12.5. The van der Waals surface area contributed by atoms with Crippen LogP contribution in [0.2, 0.25) is 0 Å². The van der Waals surface area contributed by atoms with E-state index in [1.54, 1.807) is 15.7 Å². The summed E-state index contributed by atoms with van der Waals surface area (Å²) in [6, 6.07) is 0. The van der Waals surface area contributed by atoms with Crippen LogP contribution in [0.1, 0.15) is 33.1 Å². The Balaban J connectivity index is 1.81. The standard InChI is InChI=1S/C14H29N3O2S/c1-4-15-10-13-5-7-17(8-6-13)20(18,19)16(3)11-14-9-12(14)2/h12-15H,4-11H2,1-3H3. The highest BCUT2D eigenvalue weighted by molar-refractivity contribution is 7.86. The molecule has 1 aliphatic carbocycles. The van der Waals surface area contributed by atoms with Crippen molar-refractivity contribution in [1.82, 2.24) is 13.9 Å². The molecule has 2 fully saturated rings. The summed E-state index contributed by atoms with van der Waals surface area (Å²) in [4.78, 5) is 0. The Morgan fingerprint density at radius 3 is 2.40 bits per heavy atom. The SMILES string of the molecule is CCNCC1CCN(S(=O)(=O)N(C)CC2CC2C)CC1. The number of rotatable bonds is 7. The highest BCUT2D eigenvalue weighted by atomic mass is 32.2. The van der Waals surface area contributed by atoms with Crippen molar-refractivity contribution in [2.75, 3.05) is 39.8 Å². The van der Waals surface area contributed by atoms with E-state index in [-0.39, 0.29) is 0 Å². The van der Waals surface area contributed by atoms with E-state index in [0.29, 0.717) is 37.4 Å². The summed E-state index contributed by atoms with van der Waals surface area (Å²) in [5.74, 6) is 1.88. The molecule has 2 atom stereocenters. The van der Waals surface area contributed by atoms with Crippen molar-refractivity contribution in [2.24, 2.45) is 17.8 Å². The minimum Gasteiger partial charge on any atom is -0.317 e. The van der Waals surface area contributed by atoms with Gasteiger partial charge in [0, 0.05) is 26.7 Å². The molecular weight excluding hydrogens is 274 g/mol. The predicted octanol–water partition coefficient (Wildman–Crippen LogP) is 1.14. The zero-order valence-corrected chi connectivity index (χ0v) is 13.8. The Morgan fingerprint density at radius 2 is 1.90 bits per heavy atom. The van der Waals surface area contributed by atoms with Crippen LogP contribution in [0.15, 0.2) is 0 Å². The molecule has 6 heteroatoms. The molecule has 2 unspecified atom stereocenters. The Labute approximate surface area is 123 Å². The van der Waals surface area contributed by atoms with Crippen LogP contribution in [0.4, 0.5) is 0 Å². The molecule has 0 spiro atoms. The van der Waals surface area contributed by atoms with Gasteiger partial charge in [0.15, 0.2) is 0 Å². The molecule has 2 aliphatic rings. The van der Waals surface area contributed by atoms with Crippen molar-refractivity contribution in [1.29, 1.82) is 0 Å². The molecule has 1 saturated carbocycles. The van der Waals surface area contributed by atoms with Crippen LogP contribution >= 0.6 is 0 Å². The third kappa shape index (κ3) is 3.93. The molecule has 2 rings (SSSR count). The van der Waals surface area contributed by atoms with Crippen molar-refractivity contribution in [3.8, 4) is 0 Å². The van der Waals surface area contributed by atoms with E-state index in [9.17, 15) is 8.42 Å². The van der Waals surface area contributed by atoms with Gasteiger partial charge in [0.1, 0.15) is 0 Å². The maximum atomic E-state index is 12.5. The molecular formula is C14H29N3O2S. The van der Waals surface area contributed by atoms with Crippen LogP contribution in [0.25, 0.3) is 0 Å². The lowest BCUT2D eigenvalue weighted by molar-refractivity contribution is 0.253. The van der Waals surface area contributed by atoms with Crippen LogP contribution in [-0.2, 0) is 10.2 Å². The van der Waals surface area contributed by atoms with Gasteiger partial charge in [-0.15, -0.1) is 0 Å². The summed E-state index contributed by atoms with van der Waals surface area (Å²) < 4.78 is 28.3. The van der Waals surface area contributed by atoms with Gasteiger partial charge in [-0.25, -0.2) is 0 Å². The Kier molecular flexibility index (Phi) is 5.45. The fourth-order valence-corrected chi connectivity index (χ4v) is 4.41. The third-order valence-corrected chi connectivity index (χ3v) is 6.70. The number of hydrogen-bond donors (Lipinski definition) is 1. The molecule has 20 heavy (non-hydrogen) atoms. The van der Waals surface area contributed by atoms with Crippen molar-refractivity contribution in [2.45, 2.75) is 33.1 Å². The van der Waals surface area contributed by atoms with Gasteiger partial charge < -0.3 is 5.32 Å².